The zero-order valence-electron chi connectivity index (χ0n) is 15.2. The summed E-state index contributed by atoms with van der Waals surface area (Å²) in [5.74, 6) is 0.446. The largest absolute Gasteiger partial charge is 0.441 e. The van der Waals surface area contributed by atoms with Crippen LogP contribution >= 0.6 is 23.1 Å². The van der Waals surface area contributed by atoms with Gasteiger partial charge in [0.1, 0.15) is 0 Å². The number of thioether (sulfide) groups is 1. The fourth-order valence-corrected chi connectivity index (χ4v) is 5.42. The number of carbonyl (C=O) groups is 1. The van der Waals surface area contributed by atoms with Gasteiger partial charge in [-0.25, -0.2) is 4.98 Å². The van der Waals surface area contributed by atoms with Gasteiger partial charge in [0, 0.05) is 25.0 Å². The topological polar surface area (TPSA) is 71.9 Å². The van der Waals surface area contributed by atoms with E-state index in [4.69, 9.17) is 0 Å². The Morgan fingerprint density at radius 1 is 1.36 bits per heavy atom. The first-order valence-electron chi connectivity index (χ1n) is 8.74. The molecule has 0 spiro atoms. The summed E-state index contributed by atoms with van der Waals surface area (Å²) < 4.78 is 21.8. The number of carbonyl (C=O) groups excluding carboxylic acids is 1. The van der Waals surface area contributed by atoms with Gasteiger partial charge in [-0.1, -0.05) is 40.8 Å². The predicted octanol–water partition coefficient (Wildman–Crippen LogP) is 4.71. The summed E-state index contributed by atoms with van der Waals surface area (Å²) in [5.41, 5.74) is 3.59. The van der Waals surface area contributed by atoms with Crippen molar-refractivity contribution in [3.05, 3.63) is 48.0 Å². The van der Waals surface area contributed by atoms with Crippen molar-refractivity contribution in [1.29, 1.82) is 0 Å². The van der Waals surface area contributed by atoms with Crippen LogP contribution in [0.1, 0.15) is 12.0 Å². The molecule has 1 aliphatic heterocycles. The summed E-state index contributed by atoms with van der Waals surface area (Å²) in [6.07, 6.45) is 2.01. The summed E-state index contributed by atoms with van der Waals surface area (Å²) >= 11 is 2.98. The molecule has 3 aromatic rings. The first-order chi connectivity index (χ1) is 13.6. The van der Waals surface area contributed by atoms with Crippen LogP contribution in [0.5, 0.6) is 0 Å². The van der Waals surface area contributed by atoms with Gasteiger partial charge in [0.2, 0.25) is 5.91 Å². The van der Waals surface area contributed by atoms with Crippen LogP contribution < -0.4 is 4.90 Å². The van der Waals surface area contributed by atoms with Gasteiger partial charge in [-0.05, 0) is 42.7 Å². The van der Waals surface area contributed by atoms with Crippen molar-refractivity contribution in [1.82, 2.24) is 4.98 Å². The van der Waals surface area contributed by atoms with E-state index in [9.17, 15) is 9.00 Å². The molecule has 28 heavy (non-hydrogen) atoms. The second-order valence-corrected chi connectivity index (χ2v) is 9.38. The zero-order chi connectivity index (χ0) is 19.5. The Balaban J connectivity index is 1.47. The molecular formula is C19H18N3O3S3-. The standard InChI is InChI=1S/C19H18N3O3S3/c1-25-28(24)21-14-8-9-17-15(11-14)20-19(27-17)26-12-18(23)22-10-4-6-13-5-2-3-7-16(13)22/h2-3,5,7-9,11H,4,6,10,12H2,1H3/q-1. The van der Waals surface area contributed by atoms with E-state index in [-0.39, 0.29) is 5.91 Å². The fourth-order valence-electron chi connectivity index (χ4n) is 3.13. The summed E-state index contributed by atoms with van der Waals surface area (Å²) in [4.78, 5) is 19.2. The number of anilines is 1. The van der Waals surface area contributed by atoms with Gasteiger partial charge < -0.3 is 17.7 Å². The van der Waals surface area contributed by atoms with E-state index in [1.54, 1.807) is 12.1 Å². The van der Waals surface area contributed by atoms with Crippen LogP contribution in [-0.4, -0.2) is 30.3 Å². The third-order valence-corrected chi connectivity index (χ3v) is 7.21. The Labute approximate surface area is 173 Å². The van der Waals surface area contributed by atoms with Crippen molar-refractivity contribution >= 4 is 61.5 Å². The number of para-hydroxylation sites is 1. The second kappa shape index (κ2) is 8.60. The zero-order valence-corrected chi connectivity index (χ0v) is 17.6. The molecule has 146 valence electrons. The molecule has 2 aromatic carbocycles. The Kier molecular flexibility index (Phi) is 5.96. The number of amides is 1. The molecule has 1 aliphatic rings. The molecular weight excluding hydrogens is 414 g/mol. The minimum absolute atomic E-state index is 0.0996. The van der Waals surface area contributed by atoms with Gasteiger partial charge in [0.15, 0.2) is 4.34 Å². The van der Waals surface area contributed by atoms with Crippen LogP contribution in [0.15, 0.2) is 51.2 Å². The lowest BCUT2D eigenvalue weighted by Gasteiger charge is -2.29. The summed E-state index contributed by atoms with van der Waals surface area (Å²) in [6.45, 7) is 0.762. The minimum Gasteiger partial charge on any atom is -0.441 e. The number of rotatable bonds is 5. The van der Waals surface area contributed by atoms with Crippen molar-refractivity contribution < 1.29 is 13.2 Å². The molecule has 0 saturated carbocycles. The molecule has 0 unspecified atom stereocenters. The van der Waals surface area contributed by atoms with Crippen molar-refractivity contribution in [2.24, 2.45) is 4.36 Å². The average molecular weight is 433 g/mol. The summed E-state index contributed by atoms with van der Waals surface area (Å²) in [5, 5.41) is 0. The van der Waals surface area contributed by atoms with Crippen LogP contribution in [-0.2, 0) is 30.5 Å². The number of nitrogens with zero attached hydrogens (tertiary/aromatic N) is 3. The number of benzene rings is 2. The minimum atomic E-state index is -1.70. The molecule has 0 bridgehead atoms. The van der Waals surface area contributed by atoms with Gasteiger partial charge in [-0.15, -0.1) is 11.3 Å². The van der Waals surface area contributed by atoms with E-state index in [1.807, 2.05) is 29.2 Å². The highest BCUT2D eigenvalue weighted by molar-refractivity contribution is 8.01. The van der Waals surface area contributed by atoms with Crippen molar-refractivity contribution in [2.45, 2.75) is 17.2 Å². The maximum Gasteiger partial charge on any atom is 0.237 e. The van der Waals surface area contributed by atoms with E-state index in [0.717, 1.165) is 39.6 Å². The van der Waals surface area contributed by atoms with Crippen molar-refractivity contribution in [3.8, 4) is 0 Å². The number of aromatic nitrogens is 1. The molecule has 0 radical (unpaired) electrons. The maximum absolute atomic E-state index is 12.8. The average Bonchev–Trinajstić information content (AvgIpc) is 3.13. The maximum atomic E-state index is 12.8. The highest BCUT2D eigenvalue weighted by atomic mass is 32.2. The van der Waals surface area contributed by atoms with Crippen LogP contribution in [0.3, 0.4) is 0 Å². The number of aryl methyl sites for hydroxylation is 1. The van der Waals surface area contributed by atoms with Crippen molar-refractivity contribution in [3.63, 3.8) is 0 Å². The quantitative estimate of drug-likeness (QED) is 0.431. The normalized spacial score (nSPS) is 15.0. The molecule has 9 heteroatoms. The Morgan fingerprint density at radius 2 is 2.21 bits per heavy atom. The SMILES string of the molecule is CO[S-](=O)=Nc1ccc2sc(SCC(=O)N3CCCc4ccccc43)nc2c1. The van der Waals surface area contributed by atoms with E-state index in [0.29, 0.717) is 11.4 Å². The number of hydrogen-bond acceptors (Lipinski definition) is 8. The van der Waals surface area contributed by atoms with Gasteiger partial charge in [0.05, 0.1) is 16.0 Å². The number of fused-ring (bicyclic) bond motifs is 2. The monoisotopic (exact) mass is 432 g/mol. The van der Waals surface area contributed by atoms with Gasteiger partial charge in [-0.3, -0.25) is 4.79 Å². The molecule has 1 amide bonds. The summed E-state index contributed by atoms with van der Waals surface area (Å²) in [7, 11) is -0.359. The van der Waals surface area contributed by atoms with Gasteiger partial charge >= 0.3 is 0 Å². The number of hydrogen-bond donors (Lipinski definition) is 0. The van der Waals surface area contributed by atoms with Crippen LogP contribution in [0.4, 0.5) is 11.4 Å². The lowest BCUT2D eigenvalue weighted by molar-refractivity contribution is -0.116. The molecule has 0 saturated heterocycles. The van der Waals surface area contributed by atoms with Crippen LogP contribution in [0, 0.1) is 0 Å². The molecule has 0 atom stereocenters. The third kappa shape index (κ3) is 4.22. The molecule has 1 aromatic heterocycles. The third-order valence-electron chi connectivity index (χ3n) is 4.40. The molecule has 6 nitrogen and oxygen atoms in total. The summed E-state index contributed by atoms with van der Waals surface area (Å²) in [6, 6.07) is 13.6. The smallest absolute Gasteiger partial charge is 0.237 e. The molecule has 2 heterocycles. The van der Waals surface area contributed by atoms with Gasteiger partial charge in [0.25, 0.3) is 0 Å². The molecule has 0 N–H and O–H groups in total. The van der Waals surface area contributed by atoms with Crippen molar-refractivity contribution in [2.75, 3.05) is 24.3 Å². The van der Waals surface area contributed by atoms with Gasteiger partial charge in [-0.2, -0.15) is 0 Å². The lowest BCUT2D eigenvalue weighted by atomic mass is 10.0. The molecule has 0 aliphatic carbocycles. The van der Waals surface area contributed by atoms with E-state index >= 15 is 0 Å². The van der Waals surface area contributed by atoms with E-state index in [2.05, 4.69) is 19.6 Å². The number of thiazole rings is 1. The van der Waals surface area contributed by atoms with E-state index in [1.165, 1.54) is 35.8 Å². The van der Waals surface area contributed by atoms with Crippen LogP contribution in [0.25, 0.3) is 10.2 Å². The first kappa shape index (κ1) is 19.4. The lowest BCUT2D eigenvalue weighted by Crippen LogP contribution is -2.36. The fraction of sp³-hybridized carbons (Fsp3) is 0.263. The molecule has 4 rings (SSSR count). The van der Waals surface area contributed by atoms with Crippen LogP contribution in [0.2, 0.25) is 0 Å². The first-order valence-corrected chi connectivity index (χ1v) is 11.6. The Morgan fingerprint density at radius 3 is 3.07 bits per heavy atom. The Bertz CT molecular complexity index is 1110. The Hall–Kier alpha value is -1.94. The predicted molar refractivity (Wildman–Crippen MR) is 115 cm³/mol. The highest BCUT2D eigenvalue weighted by Crippen LogP contribution is 2.33. The highest BCUT2D eigenvalue weighted by Gasteiger charge is 2.22. The molecule has 0 fully saturated rings. The second-order valence-electron chi connectivity index (χ2n) is 6.17. The van der Waals surface area contributed by atoms with E-state index < -0.39 is 10.9 Å².